The zero-order valence-electron chi connectivity index (χ0n) is 8.33. The number of nitrogens with zero attached hydrogens (tertiary/aromatic N) is 2. The van der Waals surface area contributed by atoms with Crippen molar-refractivity contribution in [3.8, 4) is 0 Å². The van der Waals surface area contributed by atoms with Crippen LogP contribution in [-0.4, -0.2) is 42.4 Å². The van der Waals surface area contributed by atoms with Gasteiger partial charge < -0.3 is 10.8 Å². The van der Waals surface area contributed by atoms with E-state index in [-0.39, 0.29) is 24.5 Å². The Hall–Kier alpha value is -1.45. The lowest BCUT2D eigenvalue weighted by molar-refractivity contribution is -0.137. The van der Waals surface area contributed by atoms with Crippen molar-refractivity contribution in [1.82, 2.24) is 14.5 Å². The summed E-state index contributed by atoms with van der Waals surface area (Å²) >= 11 is 0. The minimum absolute atomic E-state index is 0.0813. The molecular weight excluding hydrogens is 236 g/mol. The van der Waals surface area contributed by atoms with Crippen molar-refractivity contribution in [2.24, 2.45) is 5.73 Å². The molecule has 8 nitrogen and oxygen atoms in total. The molecule has 0 spiro atoms. The molecule has 16 heavy (non-hydrogen) atoms. The van der Waals surface area contributed by atoms with Gasteiger partial charge in [0.1, 0.15) is 11.4 Å². The van der Waals surface area contributed by atoms with Crippen molar-refractivity contribution in [1.29, 1.82) is 0 Å². The SMILES string of the molecule is NCCNS(=O)(=O)c1cnn(CC(=O)O)c1. The predicted molar refractivity (Wildman–Crippen MR) is 54.1 cm³/mol. The van der Waals surface area contributed by atoms with E-state index in [1.165, 1.54) is 0 Å². The number of nitrogens with two attached hydrogens (primary N) is 1. The number of sulfonamides is 1. The van der Waals surface area contributed by atoms with Crippen LogP contribution in [0.25, 0.3) is 0 Å². The molecule has 0 amide bonds. The summed E-state index contributed by atoms with van der Waals surface area (Å²) in [5, 5.41) is 12.1. The number of aliphatic carboxylic acids is 1. The first-order valence-corrected chi connectivity index (χ1v) is 5.88. The largest absolute Gasteiger partial charge is 0.480 e. The average Bonchev–Trinajstić information content (AvgIpc) is 2.63. The molecule has 0 aliphatic rings. The van der Waals surface area contributed by atoms with E-state index < -0.39 is 16.0 Å². The molecule has 0 bridgehead atoms. The van der Waals surface area contributed by atoms with Gasteiger partial charge in [-0.2, -0.15) is 5.10 Å². The number of rotatable bonds is 6. The summed E-state index contributed by atoms with van der Waals surface area (Å²) in [7, 11) is -3.64. The average molecular weight is 248 g/mol. The molecule has 90 valence electrons. The van der Waals surface area contributed by atoms with Crippen LogP contribution in [0.15, 0.2) is 17.3 Å². The molecule has 1 aromatic rings. The van der Waals surface area contributed by atoms with Gasteiger partial charge in [0, 0.05) is 19.3 Å². The molecular formula is C7H12N4O4S. The number of hydrogen-bond donors (Lipinski definition) is 3. The Labute approximate surface area is 92.1 Å². The second-order valence-corrected chi connectivity index (χ2v) is 4.72. The molecule has 0 aliphatic carbocycles. The number of hydrogen-bond acceptors (Lipinski definition) is 5. The summed E-state index contributed by atoms with van der Waals surface area (Å²) < 4.78 is 26.3. The van der Waals surface area contributed by atoms with Crippen LogP contribution in [-0.2, 0) is 21.4 Å². The summed E-state index contributed by atoms with van der Waals surface area (Å²) in [6, 6.07) is 0. The summed E-state index contributed by atoms with van der Waals surface area (Å²) in [6.07, 6.45) is 2.23. The lowest BCUT2D eigenvalue weighted by Gasteiger charge is -2.01. The molecule has 0 radical (unpaired) electrons. The lowest BCUT2D eigenvalue weighted by Crippen LogP contribution is -2.28. The predicted octanol–water partition coefficient (Wildman–Crippen LogP) is -1.80. The fourth-order valence-corrected chi connectivity index (χ4v) is 1.98. The number of carboxylic acid groups (broad SMARTS) is 1. The quantitative estimate of drug-likeness (QED) is 0.545. The maximum absolute atomic E-state index is 11.5. The molecule has 0 fully saturated rings. The summed E-state index contributed by atoms with van der Waals surface area (Å²) in [5.74, 6) is -1.10. The molecule has 0 aromatic carbocycles. The van der Waals surface area contributed by atoms with Gasteiger partial charge in [0.2, 0.25) is 10.0 Å². The van der Waals surface area contributed by atoms with E-state index in [1.54, 1.807) is 0 Å². The molecule has 0 unspecified atom stereocenters. The highest BCUT2D eigenvalue weighted by Gasteiger charge is 2.15. The van der Waals surface area contributed by atoms with E-state index in [2.05, 4.69) is 9.82 Å². The third-order valence-corrected chi connectivity index (χ3v) is 3.07. The normalized spacial score (nSPS) is 11.6. The van der Waals surface area contributed by atoms with Gasteiger partial charge in [0.15, 0.2) is 0 Å². The van der Waals surface area contributed by atoms with Crippen molar-refractivity contribution in [3.05, 3.63) is 12.4 Å². The second kappa shape index (κ2) is 5.05. The molecule has 0 atom stereocenters. The van der Waals surface area contributed by atoms with Gasteiger partial charge in [-0.15, -0.1) is 0 Å². The van der Waals surface area contributed by atoms with E-state index >= 15 is 0 Å². The zero-order chi connectivity index (χ0) is 12.2. The molecule has 0 saturated carbocycles. The molecule has 1 aromatic heterocycles. The lowest BCUT2D eigenvalue weighted by atomic mass is 10.6. The van der Waals surface area contributed by atoms with Crippen LogP contribution in [0.2, 0.25) is 0 Å². The Kier molecular flexibility index (Phi) is 3.99. The Morgan fingerprint density at radius 1 is 1.62 bits per heavy atom. The smallest absolute Gasteiger partial charge is 0.325 e. The minimum Gasteiger partial charge on any atom is -0.480 e. The van der Waals surface area contributed by atoms with E-state index in [9.17, 15) is 13.2 Å². The fourth-order valence-electron chi connectivity index (χ4n) is 0.985. The Morgan fingerprint density at radius 2 is 2.31 bits per heavy atom. The van der Waals surface area contributed by atoms with Crippen molar-refractivity contribution >= 4 is 16.0 Å². The maximum Gasteiger partial charge on any atom is 0.325 e. The van der Waals surface area contributed by atoms with Crippen molar-refractivity contribution in [2.45, 2.75) is 11.4 Å². The first-order valence-electron chi connectivity index (χ1n) is 4.39. The summed E-state index contributed by atoms with van der Waals surface area (Å²) in [6.45, 7) is -0.0820. The molecule has 4 N–H and O–H groups in total. The van der Waals surface area contributed by atoms with Crippen molar-refractivity contribution in [3.63, 3.8) is 0 Å². The Balaban J connectivity index is 2.80. The van der Waals surface area contributed by atoms with Gasteiger partial charge in [-0.1, -0.05) is 0 Å². The van der Waals surface area contributed by atoms with Gasteiger partial charge in [0.25, 0.3) is 0 Å². The van der Waals surface area contributed by atoms with Gasteiger partial charge >= 0.3 is 5.97 Å². The first-order chi connectivity index (χ1) is 7.45. The Bertz CT molecular complexity index is 466. The van der Waals surface area contributed by atoms with Gasteiger partial charge in [-0.05, 0) is 0 Å². The van der Waals surface area contributed by atoms with Crippen LogP contribution in [0.5, 0.6) is 0 Å². The summed E-state index contributed by atoms with van der Waals surface area (Å²) in [5.41, 5.74) is 5.16. The van der Waals surface area contributed by atoms with Gasteiger partial charge in [-0.3, -0.25) is 9.48 Å². The molecule has 9 heteroatoms. The molecule has 1 rings (SSSR count). The summed E-state index contributed by atoms with van der Waals surface area (Å²) in [4.78, 5) is 10.3. The molecule has 0 aliphatic heterocycles. The number of carboxylic acids is 1. The Morgan fingerprint density at radius 3 is 2.88 bits per heavy atom. The first kappa shape index (κ1) is 12.6. The molecule has 0 saturated heterocycles. The minimum atomic E-state index is -3.64. The number of carbonyl (C=O) groups is 1. The van der Waals surface area contributed by atoms with Crippen LogP contribution in [0.4, 0.5) is 0 Å². The fraction of sp³-hybridized carbons (Fsp3) is 0.429. The van der Waals surface area contributed by atoms with Crippen LogP contribution in [0.1, 0.15) is 0 Å². The van der Waals surface area contributed by atoms with Gasteiger partial charge in [0.05, 0.1) is 6.20 Å². The van der Waals surface area contributed by atoms with E-state index in [4.69, 9.17) is 10.8 Å². The standard InChI is InChI=1S/C7H12N4O4S/c8-1-2-10-16(14,15)6-3-9-11(4-6)5-7(12)13/h3-4,10H,1-2,5,8H2,(H,12,13). The van der Waals surface area contributed by atoms with Crippen LogP contribution < -0.4 is 10.5 Å². The van der Waals surface area contributed by atoms with Crippen LogP contribution in [0, 0.1) is 0 Å². The number of aromatic nitrogens is 2. The second-order valence-electron chi connectivity index (χ2n) is 2.95. The zero-order valence-corrected chi connectivity index (χ0v) is 9.14. The third-order valence-electron chi connectivity index (χ3n) is 1.65. The van der Waals surface area contributed by atoms with Gasteiger partial charge in [-0.25, -0.2) is 13.1 Å². The highest BCUT2D eigenvalue weighted by molar-refractivity contribution is 7.89. The van der Waals surface area contributed by atoms with E-state index in [0.29, 0.717) is 0 Å². The van der Waals surface area contributed by atoms with Crippen LogP contribution in [0.3, 0.4) is 0 Å². The van der Waals surface area contributed by atoms with Crippen molar-refractivity contribution in [2.75, 3.05) is 13.1 Å². The number of nitrogens with one attached hydrogen (secondary N) is 1. The highest BCUT2D eigenvalue weighted by atomic mass is 32.2. The van der Waals surface area contributed by atoms with E-state index in [1.807, 2.05) is 0 Å². The van der Waals surface area contributed by atoms with Crippen molar-refractivity contribution < 1.29 is 18.3 Å². The maximum atomic E-state index is 11.5. The topological polar surface area (TPSA) is 127 Å². The van der Waals surface area contributed by atoms with E-state index in [0.717, 1.165) is 17.1 Å². The third kappa shape index (κ3) is 3.29. The monoisotopic (exact) mass is 248 g/mol. The highest BCUT2D eigenvalue weighted by Crippen LogP contribution is 2.06. The molecule has 1 heterocycles. The van der Waals surface area contributed by atoms with Crippen LogP contribution >= 0.6 is 0 Å².